The molecule has 1 aromatic heterocycles. The van der Waals surface area contributed by atoms with Crippen molar-refractivity contribution < 1.29 is 9.34 Å². The lowest BCUT2D eigenvalue weighted by Crippen LogP contribution is -2.08. The van der Waals surface area contributed by atoms with Crippen molar-refractivity contribution in [2.75, 3.05) is 0 Å². The van der Waals surface area contributed by atoms with Crippen LogP contribution in [0.15, 0.2) is 70.2 Å². The third-order valence-corrected chi connectivity index (χ3v) is 4.52. The SMILES string of the molecule is O=[N+]([O-])c1ccc(-c2ccc(C3CC(c4ccc(Cl)cc4)=NN3)o2)cc1. The van der Waals surface area contributed by atoms with Crippen LogP contribution in [-0.2, 0) is 0 Å². The summed E-state index contributed by atoms with van der Waals surface area (Å²) in [6.07, 6.45) is 0.703. The van der Waals surface area contributed by atoms with Crippen LogP contribution in [0.3, 0.4) is 0 Å². The molecule has 1 unspecified atom stereocenters. The number of nitro groups is 1. The van der Waals surface area contributed by atoms with Gasteiger partial charge in [0.15, 0.2) is 0 Å². The van der Waals surface area contributed by atoms with Crippen molar-refractivity contribution >= 4 is 23.0 Å². The van der Waals surface area contributed by atoms with Crippen LogP contribution >= 0.6 is 11.6 Å². The second-order valence-corrected chi connectivity index (χ2v) is 6.39. The molecule has 0 fully saturated rings. The summed E-state index contributed by atoms with van der Waals surface area (Å²) < 4.78 is 5.93. The number of furan rings is 1. The number of hydrogen-bond acceptors (Lipinski definition) is 5. The number of nitrogens with zero attached hydrogens (tertiary/aromatic N) is 2. The molecular formula is C19H14ClN3O3. The molecule has 1 aliphatic heterocycles. The van der Waals surface area contributed by atoms with Crippen molar-refractivity contribution in [2.24, 2.45) is 5.10 Å². The average molecular weight is 368 g/mol. The highest BCUT2D eigenvalue weighted by molar-refractivity contribution is 6.30. The summed E-state index contributed by atoms with van der Waals surface area (Å²) in [6, 6.07) is 17.6. The summed E-state index contributed by atoms with van der Waals surface area (Å²) in [4.78, 5) is 10.3. The van der Waals surface area contributed by atoms with Crippen molar-refractivity contribution in [3.05, 3.63) is 87.1 Å². The highest BCUT2D eigenvalue weighted by Crippen LogP contribution is 2.30. The number of nitrogens with one attached hydrogen (secondary N) is 1. The minimum absolute atomic E-state index is 0.0486. The summed E-state index contributed by atoms with van der Waals surface area (Å²) in [6.45, 7) is 0. The number of nitro benzene ring substituents is 1. The first-order chi connectivity index (χ1) is 12.6. The predicted octanol–water partition coefficient (Wildman–Crippen LogP) is 4.95. The zero-order valence-electron chi connectivity index (χ0n) is 13.6. The predicted molar refractivity (Wildman–Crippen MR) is 99.3 cm³/mol. The highest BCUT2D eigenvalue weighted by atomic mass is 35.5. The molecule has 0 spiro atoms. The van der Waals surface area contributed by atoms with Gasteiger partial charge in [-0.2, -0.15) is 5.10 Å². The second-order valence-electron chi connectivity index (χ2n) is 5.96. The Morgan fingerprint density at radius 3 is 2.42 bits per heavy atom. The van der Waals surface area contributed by atoms with Gasteiger partial charge < -0.3 is 4.42 Å². The minimum Gasteiger partial charge on any atom is -0.459 e. The Labute approximate surface area is 154 Å². The van der Waals surface area contributed by atoms with Crippen LogP contribution in [0, 0.1) is 10.1 Å². The van der Waals surface area contributed by atoms with Gasteiger partial charge in [-0.25, -0.2) is 0 Å². The van der Waals surface area contributed by atoms with Crippen LogP contribution in [-0.4, -0.2) is 10.6 Å². The van der Waals surface area contributed by atoms with Crippen LogP contribution in [0.1, 0.15) is 23.8 Å². The van der Waals surface area contributed by atoms with E-state index in [2.05, 4.69) is 10.5 Å². The van der Waals surface area contributed by atoms with E-state index in [9.17, 15) is 10.1 Å². The number of hydrazone groups is 1. The molecule has 1 atom stereocenters. The molecule has 7 heteroatoms. The molecule has 130 valence electrons. The minimum atomic E-state index is -0.421. The highest BCUT2D eigenvalue weighted by Gasteiger charge is 2.24. The van der Waals surface area contributed by atoms with E-state index < -0.39 is 4.92 Å². The van der Waals surface area contributed by atoms with E-state index in [4.69, 9.17) is 16.0 Å². The number of hydrogen-bond donors (Lipinski definition) is 1. The van der Waals surface area contributed by atoms with Crippen LogP contribution < -0.4 is 5.43 Å². The summed E-state index contributed by atoms with van der Waals surface area (Å²) in [5, 5.41) is 15.8. The second kappa shape index (κ2) is 6.65. The topological polar surface area (TPSA) is 80.7 Å². The maximum absolute atomic E-state index is 10.7. The number of halogens is 1. The van der Waals surface area contributed by atoms with Crippen molar-refractivity contribution in [3.63, 3.8) is 0 Å². The van der Waals surface area contributed by atoms with E-state index in [1.165, 1.54) is 12.1 Å². The fourth-order valence-electron chi connectivity index (χ4n) is 2.87. The lowest BCUT2D eigenvalue weighted by atomic mass is 10.0. The summed E-state index contributed by atoms with van der Waals surface area (Å²) in [5.74, 6) is 1.43. The largest absolute Gasteiger partial charge is 0.459 e. The summed E-state index contributed by atoms with van der Waals surface area (Å²) in [5.41, 5.74) is 5.91. The van der Waals surface area contributed by atoms with Gasteiger partial charge in [0, 0.05) is 29.1 Å². The molecule has 0 bridgehead atoms. The van der Waals surface area contributed by atoms with Gasteiger partial charge in [0.1, 0.15) is 17.6 Å². The lowest BCUT2D eigenvalue weighted by Gasteiger charge is -2.06. The van der Waals surface area contributed by atoms with Crippen LogP contribution in [0.4, 0.5) is 5.69 Å². The molecule has 1 aliphatic rings. The molecule has 6 nitrogen and oxygen atoms in total. The number of non-ortho nitro benzene ring substituents is 1. The van der Waals surface area contributed by atoms with Crippen LogP contribution in [0.5, 0.6) is 0 Å². The first-order valence-corrected chi connectivity index (χ1v) is 8.40. The quantitative estimate of drug-likeness (QED) is 0.522. The first kappa shape index (κ1) is 16.4. The average Bonchev–Trinajstić information content (AvgIpc) is 3.32. The molecule has 0 saturated heterocycles. The fourth-order valence-corrected chi connectivity index (χ4v) is 3.00. The molecular weight excluding hydrogens is 354 g/mol. The third kappa shape index (κ3) is 3.19. The standard InChI is InChI=1S/C19H14ClN3O3/c20-14-5-1-12(2-6-14)16-11-17(22-21-16)19-10-9-18(26-19)13-3-7-15(8-4-13)23(24)25/h1-10,17,22H,11H2. The van der Waals surface area contributed by atoms with E-state index in [-0.39, 0.29) is 11.7 Å². The zero-order valence-corrected chi connectivity index (χ0v) is 14.3. The summed E-state index contributed by atoms with van der Waals surface area (Å²) in [7, 11) is 0. The molecule has 0 saturated carbocycles. The number of benzene rings is 2. The zero-order chi connectivity index (χ0) is 18.1. The maximum Gasteiger partial charge on any atom is 0.269 e. The van der Waals surface area contributed by atoms with Crippen molar-refractivity contribution in [2.45, 2.75) is 12.5 Å². The first-order valence-electron chi connectivity index (χ1n) is 8.03. The van der Waals surface area contributed by atoms with Gasteiger partial charge in [-0.3, -0.25) is 15.5 Å². The molecule has 1 N–H and O–H groups in total. The van der Waals surface area contributed by atoms with Gasteiger partial charge in [-0.15, -0.1) is 0 Å². The van der Waals surface area contributed by atoms with Crippen molar-refractivity contribution in [3.8, 4) is 11.3 Å². The number of rotatable bonds is 4. The molecule has 0 radical (unpaired) electrons. The normalized spacial score (nSPS) is 16.2. The Hall–Kier alpha value is -3.12. The third-order valence-electron chi connectivity index (χ3n) is 4.26. The van der Waals surface area contributed by atoms with Gasteiger partial charge in [0.25, 0.3) is 5.69 Å². The Balaban J connectivity index is 1.49. The molecule has 0 aliphatic carbocycles. The van der Waals surface area contributed by atoms with Gasteiger partial charge in [-0.05, 0) is 42.0 Å². The van der Waals surface area contributed by atoms with Gasteiger partial charge >= 0.3 is 0 Å². The van der Waals surface area contributed by atoms with Gasteiger partial charge in [-0.1, -0.05) is 23.7 Å². The van der Waals surface area contributed by atoms with Crippen molar-refractivity contribution in [1.29, 1.82) is 0 Å². The molecule has 2 heterocycles. The van der Waals surface area contributed by atoms with Crippen molar-refractivity contribution in [1.82, 2.24) is 5.43 Å². The Kier molecular flexibility index (Phi) is 4.18. The molecule has 26 heavy (non-hydrogen) atoms. The summed E-state index contributed by atoms with van der Waals surface area (Å²) >= 11 is 5.92. The molecule has 0 amide bonds. The maximum atomic E-state index is 10.7. The van der Waals surface area contributed by atoms with E-state index in [1.54, 1.807) is 12.1 Å². The Morgan fingerprint density at radius 1 is 1.04 bits per heavy atom. The van der Waals surface area contributed by atoms with Crippen LogP contribution in [0.25, 0.3) is 11.3 Å². The van der Waals surface area contributed by atoms with E-state index in [1.807, 2.05) is 36.4 Å². The lowest BCUT2D eigenvalue weighted by molar-refractivity contribution is -0.384. The van der Waals surface area contributed by atoms with Crippen LogP contribution in [0.2, 0.25) is 5.02 Å². The molecule has 4 rings (SSSR count). The molecule has 2 aromatic carbocycles. The van der Waals surface area contributed by atoms with Gasteiger partial charge in [0.05, 0.1) is 10.6 Å². The van der Waals surface area contributed by atoms with Gasteiger partial charge in [0.2, 0.25) is 0 Å². The Bertz CT molecular complexity index is 978. The Morgan fingerprint density at radius 2 is 1.73 bits per heavy atom. The fraction of sp³-hybridized carbons (Fsp3) is 0.105. The molecule has 3 aromatic rings. The van der Waals surface area contributed by atoms with E-state index in [0.717, 1.165) is 22.6 Å². The monoisotopic (exact) mass is 367 g/mol. The smallest absolute Gasteiger partial charge is 0.269 e. The van der Waals surface area contributed by atoms with E-state index in [0.29, 0.717) is 17.2 Å². The van der Waals surface area contributed by atoms with E-state index >= 15 is 0 Å².